The lowest BCUT2D eigenvalue weighted by Gasteiger charge is -2.34. The number of rotatable bonds is 4. The normalized spacial score (nSPS) is 19.2. The van der Waals surface area contributed by atoms with Gasteiger partial charge in [0.25, 0.3) is 5.91 Å². The summed E-state index contributed by atoms with van der Waals surface area (Å²) in [7, 11) is -3.47. The van der Waals surface area contributed by atoms with Crippen LogP contribution in [0, 0.1) is 6.92 Å². The van der Waals surface area contributed by atoms with Crippen LogP contribution in [0.4, 0.5) is 0 Å². The van der Waals surface area contributed by atoms with Gasteiger partial charge in [-0.2, -0.15) is 0 Å². The maximum absolute atomic E-state index is 12.5. The zero-order valence-electron chi connectivity index (χ0n) is 12.5. The van der Waals surface area contributed by atoms with Gasteiger partial charge in [0.2, 0.25) is 0 Å². The van der Waals surface area contributed by atoms with E-state index in [2.05, 4.69) is 0 Å². The molecule has 1 aromatic rings. The molecule has 22 heavy (non-hydrogen) atoms. The zero-order chi connectivity index (χ0) is 16.5. The number of aliphatic carboxylic acids is 1. The Balaban J connectivity index is 2.28. The summed E-state index contributed by atoms with van der Waals surface area (Å²) in [4.78, 5) is 24.9. The van der Waals surface area contributed by atoms with E-state index in [-0.39, 0.29) is 28.9 Å². The Morgan fingerprint density at radius 3 is 2.64 bits per heavy atom. The first-order valence-corrected chi connectivity index (χ1v) is 8.92. The van der Waals surface area contributed by atoms with Crippen LogP contribution >= 0.6 is 0 Å². The van der Waals surface area contributed by atoms with E-state index in [1.165, 1.54) is 17.9 Å². The molecule has 1 unspecified atom stereocenters. The van der Waals surface area contributed by atoms with Crippen LogP contribution in [0.1, 0.15) is 42.0 Å². The highest BCUT2D eigenvalue weighted by molar-refractivity contribution is 7.90. The molecule has 8 heteroatoms. The lowest BCUT2D eigenvalue weighted by Crippen LogP contribution is -2.44. The van der Waals surface area contributed by atoms with Crippen molar-refractivity contribution in [1.82, 2.24) is 4.90 Å². The van der Waals surface area contributed by atoms with Crippen molar-refractivity contribution in [3.8, 4) is 0 Å². The first-order chi connectivity index (χ1) is 10.2. The van der Waals surface area contributed by atoms with Gasteiger partial charge in [0.1, 0.15) is 10.7 Å². The summed E-state index contributed by atoms with van der Waals surface area (Å²) in [6.45, 7) is 1.93. The molecule has 0 aromatic carbocycles. The van der Waals surface area contributed by atoms with E-state index >= 15 is 0 Å². The van der Waals surface area contributed by atoms with E-state index in [1.807, 2.05) is 0 Å². The predicted molar refractivity (Wildman–Crippen MR) is 77.5 cm³/mol. The molecular weight excluding hydrogens is 310 g/mol. The highest BCUT2D eigenvalue weighted by Crippen LogP contribution is 2.25. The molecule has 122 valence electrons. The number of hydrogen-bond donors (Lipinski definition) is 1. The lowest BCUT2D eigenvalue weighted by atomic mass is 9.99. The average Bonchev–Trinajstić information content (AvgIpc) is 2.80. The number of nitrogens with zero attached hydrogens (tertiary/aromatic N) is 1. The number of carboxylic acids is 1. The first-order valence-electron chi connectivity index (χ1n) is 7.03. The average molecular weight is 329 g/mol. The van der Waals surface area contributed by atoms with Crippen LogP contribution in [0.25, 0.3) is 0 Å². The van der Waals surface area contributed by atoms with E-state index in [1.54, 1.807) is 0 Å². The van der Waals surface area contributed by atoms with Gasteiger partial charge in [0.15, 0.2) is 15.6 Å². The van der Waals surface area contributed by atoms with Crippen molar-refractivity contribution in [3.63, 3.8) is 0 Å². The number of carboxylic acid groups (broad SMARTS) is 1. The third kappa shape index (κ3) is 3.49. The van der Waals surface area contributed by atoms with Gasteiger partial charge in [-0.1, -0.05) is 0 Å². The number of hydrogen-bond acceptors (Lipinski definition) is 5. The Morgan fingerprint density at radius 1 is 1.41 bits per heavy atom. The minimum Gasteiger partial charge on any atom is -0.481 e. The number of carbonyl (C=O) groups is 2. The topological polar surface area (TPSA) is 105 Å². The van der Waals surface area contributed by atoms with Crippen molar-refractivity contribution < 1.29 is 27.5 Å². The second kappa shape index (κ2) is 6.12. The molecule has 0 aliphatic carbocycles. The minimum absolute atomic E-state index is 0.0114. The second-order valence-electron chi connectivity index (χ2n) is 5.55. The molecule has 1 atom stereocenters. The molecule has 1 aliphatic heterocycles. The van der Waals surface area contributed by atoms with Crippen molar-refractivity contribution >= 4 is 21.7 Å². The molecular formula is C14H19NO6S. The third-order valence-electron chi connectivity index (χ3n) is 3.78. The largest absolute Gasteiger partial charge is 0.481 e. The molecule has 7 nitrogen and oxygen atoms in total. The second-order valence-corrected chi connectivity index (χ2v) is 7.53. The number of furan rings is 1. The van der Waals surface area contributed by atoms with Gasteiger partial charge in [0.05, 0.1) is 6.42 Å². The van der Waals surface area contributed by atoms with Crippen molar-refractivity contribution in [2.45, 2.75) is 43.5 Å². The molecule has 2 rings (SSSR count). The Morgan fingerprint density at radius 2 is 2.09 bits per heavy atom. The summed E-state index contributed by atoms with van der Waals surface area (Å²) in [5, 5.41) is 8.95. The van der Waals surface area contributed by atoms with E-state index in [0.29, 0.717) is 13.0 Å². The molecule has 0 bridgehead atoms. The van der Waals surface area contributed by atoms with Gasteiger partial charge >= 0.3 is 5.97 Å². The van der Waals surface area contributed by atoms with Crippen molar-refractivity contribution in [2.24, 2.45) is 0 Å². The van der Waals surface area contributed by atoms with Gasteiger partial charge < -0.3 is 14.4 Å². The molecule has 1 saturated heterocycles. The van der Waals surface area contributed by atoms with Gasteiger partial charge in [-0.05, 0) is 26.2 Å². The molecule has 1 amide bonds. The minimum atomic E-state index is -3.47. The number of likely N-dealkylation sites (tertiary alicyclic amines) is 1. The fourth-order valence-electron chi connectivity index (χ4n) is 2.76. The molecule has 1 N–H and O–H groups in total. The number of amides is 1. The van der Waals surface area contributed by atoms with Crippen LogP contribution in [-0.4, -0.2) is 49.1 Å². The van der Waals surface area contributed by atoms with E-state index < -0.39 is 21.7 Å². The van der Waals surface area contributed by atoms with Crippen molar-refractivity contribution in [3.05, 3.63) is 17.6 Å². The number of sulfone groups is 1. The zero-order valence-corrected chi connectivity index (χ0v) is 13.4. The summed E-state index contributed by atoms with van der Waals surface area (Å²) in [6, 6.07) is 0.838. The van der Waals surface area contributed by atoms with Crippen LogP contribution in [-0.2, 0) is 14.6 Å². The SMILES string of the molecule is Cc1oc(C(=O)N2CCCCC2CC(=O)O)cc1S(C)(=O)=O. The molecule has 0 radical (unpaired) electrons. The number of carbonyl (C=O) groups excluding carboxylic acids is 1. The molecule has 1 aromatic heterocycles. The number of piperidine rings is 1. The Bertz CT molecular complexity index is 690. The third-order valence-corrected chi connectivity index (χ3v) is 4.98. The Kier molecular flexibility index (Phi) is 4.60. The monoisotopic (exact) mass is 329 g/mol. The molecule has 0 spiro atoms. The van der Waals surface area contributed by atoms with Gasteiger partial charge in [-0.15, -0.1) is 0 Å². The van der Waals surface area contributed by atoms with Crippen LogP contribution in [0.5, 0.6) is 0 Å². The summed E-state index contributed by atoms with van der Waals surface area (Å²) in [6.07, 6.45) is 3.21. The van der Waals surface area contributed by atoms with Crippen LogP contribution in [0.2, 0.25) is 0 Å². The molecule has 2 heterocycles. The summed E-state index contributed by atoms with van der Waals surface area (Å²) >= 11 is 0. The number of aryl methyl sites for hydroxylation is 1. The maximum atomic E-state index is 12.5. The van der Waals surface area contributed by atoms with Crippen LogP contribution < -0.4 is 0 Å². The molecule has 1 aliphatic rings. The Labute approximate surface area is 128 Å². The summed E-state index contributed by atoms with van der Waals surface area (Å²) < 4.78 is 28.5. The smallest absolute Gasteiger partial charge is 0.305 e. The standard InChI is InChI=1S/C14H19NO6S/c1-9-12(22(2,19)20)8-11(21-9)14(18)15-6-4-3-5-10(15)7-13(16)17/h8,10H,3-7H2,1-2H3,(H,16,17). The predicted octanol–water partition coefficient (Wildman–Crippen LogP) is 1.46. The van der Waals surface area contributed by atoms with Gasteiger partial charge in [-0.3, -0.25) is 9.59 Å². The highest BCUT2D eigenvalue weighted by Gasteiger charge is 2.31. The van der Waals surface area contributed by atoms with E-state index in [0.717, 1.165) is 19.1 Å². The first kappa shape index (κ1) is 16.5. The van der Waals surface area contributed by atoms with Crippen molar-refractivity contribution in [1.29, 1.82) is 0 Å². The van der Waals surface area contributed by atoms with Gasteiger partial charge in [-0.25, -0.2) is 8.42 Å². The maximum Gasteiger partial charge on any atom is 0.305 e. The quantitative estimate of drug-likeness (QED) is 0.896. The Hall–Kier alpha value is -1.83. The lowest BCUT2D eigenvalue weighted by molar-refractivity contribution is -0.138. The van der Waals surface area contributed by atoms with E-state index in [9.17, 15) is 18.0 Å². The van der Waals surface area contributed by atoms with Gasteiger partial charge in [0, 0.05) is 24.9 Å². The fourth-order valence-corrected chi connectivity index (χ4v) is 3.65. The highest BCUT2D eigenvalue weighted by atomic mass is 32.2. The van der Waals surface area contributed by atoms with Crippen molar-refractivity contribution in [2.75, 3.05) is 12.8 Å². The summed E-state index contributed by atoms with van der Waals surface area (Å²) in [5.41, 5.74) is 0. The molecule has 1 fully saturated rings. The van der Waals surface area contributed by atoms with Crippen LogP contribution in [0.3, 0.4) is 0 Å². The fraction of sp³-hybridized carbons (Fsp3) is 0.571. The summed E-state index contributed by atoms with van der Waals surface area (Å²) in [5.74, 6) is -1.31. The van der Waals surface area contributed by atoms with E-state index in [4.69, 9.17) is 9.52 Å². The van der Waals surface area contributed by atoms with Crippen LogP contribution in [0.15, 0.2) is 15.4 Å². The molecule has 0 saturated carbocycles.